The van der Waals surface area contributed by atoms with Gasteiger partial charge in [0.05, 0.1) is 5.60 Å². The second-order valence-electron chi connectivity index (χ2n) is 4.24. The average molecular weight is 212 g/mol. The Morgan fingerprint density at radius 3 is 2.87 bits per heavy atom. The Bertz CT molecular complexity index is 378. The summed E-state index contributed by atoms with van der Waals surface area (Å²) in [7, 11) is 0. The lowest BCUT2D eigenvalue weighted by molar-refractivity contribution is 0.124. The predicted octanol–water partition coefficient (Wildman–Crippen LogP) is 2.97. The Morgan fingerprint density at radius 1 is 1.47 bits per heavy atom. The van der Waals surface area contributed by atoms with Crippen LogP contribution in [0.2, 0.25) is 0 Å². The lowest BCUT2D eigenvalue weighted by Crippen LogP contribution is -2.11. The number of benzene rings is 1. The third-order valence-electron chi connectivity index (χ3n) is 3.10. The van der Waals surface area contributed by atoms with Crippen LogP contribution in [-0.2, 0) is 5.60 Å². The molecule has 0 aliphatic heterocycles. The lowest BCUT2D eigenvalue weighted by Gasteiger charge is -2.11. The highest BCUT2D eigenvalue weighted by Gasteiger charge is 2.54. The molecule has 0 amide bonds. The first-order valence-corrected chi connectivity index (χ1v) is 5.26. The summed E-state index contributed by atoms with van der Waals surface area (Å²) < 4.78 is 26.3. The Balaban J connectivity index is 2.27. The molecule has 0 saturated heterocycles. The molecule has 1 aromatic carbocycles. The molecule has 1 aliphatic rings. The quantitative estimate of drug-likeness (QED) is 0.816. The first-order valence-electron chi connectivity index (χ1n) is 5.26. The van der Waals surface area contributed by atoms with Crippen LogP contribution in [0, 0.1) is 17.6 Å². The van der Waals surface area contributed by atoms with Gasteiger partial charge in [-0.2, -0.15) is 0 Å². The van der Waals surface area contributed by atoms with E-state index in [1.807, 2.05) is 6.92 Å². The highest BCUT2D eigenvalue weighted by molar-refractivity contribution is 5.31. The molecule has 2 atom stereocenters. The minimum absolute atomic E-state index is 0.0822. The highest BCUT2D eigenvalue weighted by Crippen LogP contribution is 2.54. The Hall–Kier alpha value is -0.960. The van der Waals surface area contributed by atoms with E-state index in [1.54, 1.807) is 0 Å². The monoisotopic (exact) mass is 212 g/mol. The summed E-state index contributed by atoms with van der Waals surface area (Å²) in [6, 6.07) is 3.24. The van der Waals surface area contributed by atoms with Crippen LogP contribution in [0.1, 0.15) is 31.7 Å². The van der Waals surface area contributed by atoms with Gasteiger partial charge < -0.3 is 5.11 Å². The molecule has 0 spiro atoms. The van der Waals surface area contributed by atoms with Gasteiger partial charge in [0.25, 0.3) is 0 Å². The summed E-state index contributed by atoms with van der Waals surface area (Å²) in [4.78, 5) is 0. The van der Waals surface area contributed by atoms with Crippen molar-refractivity contribution in [3.8, 4) is 0 Å². The average Bonchev–Trinajstić information content (AvgIpc) is 2.83. The molecule has 0 bridgehead atoms. The lowest BCUT2D eigenvalue weighted by atomic mass is 10.0. The Kier molecular flexibility index (Phi) is 2.51. The van der Waals surface area contributed by atoms with Crippen LogP contribution < -0.4 is 0 Å². The fraction of sp³-hybridized carbons (Fsp3) is 0.500. The first-order chi connectivity index (χ1) is 7.08. The van der Waals surface area contributed by atoms with Gasteiger partial charge in [-0.05, 0) is 37.0 Å². The van der Waals surface area contributed by atoms with Crippen molar-refractivity contribution >= 4 is 0 Å². The van der Waals surface area contributed by atoms with Crippen molar-refractivity contribution < 1.29 is 13.9 Å². The highest BCUT2D eigenvalue weighted by atomic mass is 19.1. The van der Waals surface area contributed by atoms with Gasteiger partial charge in [0.15, 0.2) is 0 Å². The van der Waals surface area contributed by atoms with Crippen molar-refractivity contribution in [2.75, 3.05) is 0 Å². The van der Waals surface area contributed by atoms with Crippen molar-refractivity contribution in [1.82, 2.24) is 0 Å². The van der Waals surface area contributed by atoms with Gasteiger partial charge in [-0.1, -0.05) is 13.3 Å². The first kappa shape index (κ1) is 10.6. The van der Waals surface area contributed by atoms with Gasteiger partial charge in [-0.3, -0.25) is 0 Å². The van der Waals surface area contributed by atoms with E-state index >= 15 is 0 Å². The fourth-order valence-electron chi connectivity index (χ4n) is 2.17. The molecule has 2 unspecified atom stereocenters. The molecule has 1 saturated carbocycles. The van der Waals surface area contributed by atoms with Crippen LogP contribution in [0.15, 0.2) is 18.2 Å². The summed E-state index contributed by atoms with van der Waals surface area (Å²) in [6.07, 6.45) is 2.34. The topological polar surface area (TPSA) is 20.2 Å². The molecule has 0 aromatic heterocycles. The smallest absolute Gasteiger partial charge is 0.129 e. The minimum atomic E-state index is -1.12. The molecule has 1 N–H and O–H groups in total. The molecule has 3 heteroatoms. The van der Waals surface area contributed by atoms with E-state index in [2.05, 4.69) is 0 Å². The zero-order valence-corrected chi connectivity index (χ0v) is 8.63. The summed E-state index contributed by atoms with van der Waals surface area (Å²) in [5.41, 5.74) is -1.01. The SMILES string of the molecule is CCCC1CC1(O)c1cc(F)ccc1F. The molecule has 2 rings (SSSR count). The van der Waals surface area contributed by atoms with Crippen molar-refractivity contribution in [1.29, 1.82) is 0 Å². The molecular weight excluding hydrogens is 198 g/mol. The van der Waals surface area contributed by atoms with E-state index in [0.717, 1.165) is 31.0 Å². The van der Waals surface area contributed by atoms with Crippen molar-refractivity contribution in [2.24, 2.45) is 5.92 Å². The molecule has 0 radical (unpaired) electrons. The van der Waals surface area contributed by atoms with Gasteiger partial charge in [0, 0.05) is 5.56 Å². The van der Waals surface area contributed by atoms with Crippen LogP contribution in [0.25, 0.3) is 0 Å². The van der Waals surface area contributed by atoms with Gasteiger partial charge in [-0.15, -0.1) is 0 Å². The van der Waals surface area contributed by atoms with E-state index in [4.69, 9.17) is 0 Å². The Morgan fingerprint density at radius 2 is 2.20 bits per heavy atom. The van der Waals surface area contributed by atoms with Crippen LogP contribution in [0.5, 0.6) is 0 Å². The van der Waals surface area contributed by atoms with E-state index in [1.165, 1.54) is 0 Å². The minimum Gasteiger partial charge on any atom is -0.385 e. The molecule has 82 valence electrons. The summed E-state index contributed by atoms with van der Waals surface area (Å²) in [5.74, 6) is -0.932. The van der Waals surface area contributed by atoms with Crippen molar-refractivity contribution in [3.63, 3.8) is 0 Å². The summed E-state index contributed by atoms with van der Waals surface area (Å²) in [5, 5.41) is 10.1. The zero-order chi connectivity index (χ0) is 11.1. The van der Waals surface area contributed by atoms with Gasteiger partial charge in [-0.25, -0.2) is 8.78 Å². The number of hydrogen-bond donors (Lipinski definition) is 1. The number of halogens is 2. The van der Waals surface area contributed by atoms with Crippen molar-refractivity contribution in [2.45, 2.75) is 31.8 Å². The van der Waals surface area contributed by atoms with Crippen LogP contribution in [0.3, 0.4) is 0 Å². The van der Waals surface area contributed by atoms with E-state index < -0.39 is 17.2 Å². The third kappa shape index (κ3) is 1.76. The maximum atomic E-state index is 13.4. The molecule has 1 aromatic rings. The predicted molar refractivity (Wildman–Crippen MR) is 53.3 cm³/mol. The summed E-state index contributed by atoms with van der Waals surface area (Å²) in [6.45, 7) is 2.01. The van der Waals surface area contributed by atoms with Gasteiger partial charge in [0.1, 0.15) is 11.6 Å². The maximum Gasteiger partial charge on any atom is 0.129 e. The molecule has 15 heavy (non-hydrogen) atoms. The molecular formula is C12H14F2O. The number of aliphatic hydroxyl groups is 1. The van der Waals surface area contributed by atoms with Crippen LogP contribution >= 0.6 is 0 Å². The van der Waals surface area contributed by atoms with Crippen LogP contribution in [-0.4, -0.2) is 5.11 Å². The normalized spacial score (nSPS) is 29.2. The van der Waals surface area contributed by atoms with E-state index in [9.17, 15) is 13.9 Å². The largest absolute Gasteiger partial charge is 0.385 e. The molecule has 1 nitrogen and oxygen atoms in total. The molecule has 1 aliphatic carbocycles. The third-order valence-corrected chi connectivity index (χ3v) is 3.10. The fourth-order valence-corrected chi connectivity index (χ4v) is 2.17. The van der Waals surface area contributed by atoms with Crippen molar-refractivity contribution in [3.05, 3.63) is 35.4 Å². The second-order valence-corrected chi connectivity index (χ2v) is 4.24. The zero-order valence-electron chi connectivity index (χ0n) is 8.63. The standard InChI is InChI=1S/C12H14F2O/c1-2-3-8-7-12(8,15)10-6-9(13)4-5-11(10)14/h4-6,8,15H,2-3,7H2,1H3. The van der Waals surface area contributed by atoms with Gasteiger partial charge >= 0.3 is 0 Å². The second kappa shape index (κ2) is 3.56. The van der Waals surface area contributed by atoms with E-state index in [-0.39, 0.29) is 11.5 Å². The maximum absolute atomic E-state index is 13.4. The molecule has 0 heterocycles. The van der Waals surface area contributed by atoms with Crippen LogP contribution in [0.4, 0.5) is 8.78 Å². The van der Waals surface area contributed by atoms with E-state index in [0.29, 0.717) is 6.42 Å². The Labute approximate surface area is 87.7 Å². The number of hydrogen-bond acceptors (Lipinski definition) is 1. The molecule has 1 fully saturated rings. The van der Waals surface area contributed by atoms with Gasteiger partial charge in [0.2, 0.25) is 0 Å². The summed E-state index contributed by atoms with van der Waals surface area (Å²) >= 11 is 0. The number of rotatable bonds is 3.